The summed E-state index contributed by atoms with van der Waals surface area (Å²) in [5.74, 6) is -0.165. The van der Waals surface area contributed by atoms with Crippen LogP contribution in [0.5, 0.6) is 11.5 Å². The number of halogens is 4. The van der Waals surface area contributed by atoms with E-state index < -0.39 is 19.7 Å². The molecule has 5 aromatic rings. The van der Waals surface area contributed by atoms with Gasteiger partial charge in [-0.3, -0.25) is 9.46 Å². The van der Waals surface area contributed by atoms with E-state index in [1.807, 2.05) is 0 Å². The third-order valence-corrected chi connectivity index (χ3v) is 8.12. The Balaban J connectivity index is 1.41. The minimum Gasteiger partial charge on any atom is -0.478 e. The van der Waals surface area contributed by atoms with E-state index in [1.165, 1.54) is 24.3 Å². The van der Waals surface area contributed by atoms with Gasteiger partial charge in [0.2, 0.25) is 5.89 Å². The Labute approximate surface area is 258 Å². The lowest BCUT2D eigenvalue weighted by Crippen LogP contribution is -2.17. The van der Waals surface area contributed by atoms with Gasteiger partial charge >= 0.3 is 19.6 Å². The van der Waals surface area contributed by atoms with Gasteiger partial charge in [0.25, 0.3) is 0 Å². The quantitative estimate of drug-likeness (QED) is 0.129. The Morgan fingerprint density at radius 1 is 0.864 bits per heavy atom. The van der Waals surface area contributed by atoms with Gasteiger partial charge in [-0.25, -0.2) is 4.79 Å². The average molecular weight is 662 g/mol. The number of ether oxygens (including phenoxy) is 1. The summed E-state index contributed by atoms with van der Waals surface area (Å²) in [5, 5.41) is 18.3. The fourth-order valence-corrected chi connectivity index (χ4v) is 5.17. The van der Waals surface area contributed by atoms with E-state index in [-0.39, 0.29) is 29.0 Å². The zero-order valence-electron chi connectivity index (χ0n) is 22.3. The predicted octanol–water partition coefficient (Wildman–Crippen LogP) is 9.37. The maximum Gasteiger partial charge on any atom is 0.399 e. The molecule has 0 aliphatic rings. The van der Waals surface area contributed by atoms with Gasteiger partial charge in [0, 0.05) is 11.3 Å². The van der Waals surface area contributed by atoms with Gasteiger partial charge in [-0.15, -0.1) is 14.6 Å². The van der Waals surface area contributed by atoms with Crippen LogP contribution in [-0.4, -0.2) is 21.3 Å². The smallest absolute Gasteiger partial charge is 0.399 e. The monoisotopic (exact) mass is 661 g/mol. The molecule has 0 amide bonds. The average Bonchev–Trinajstić information content (AvgIpc) is 3.52. The molecular weight excluding hydrogens is 642 g/mol. The lowest BCUT2D eigenvalue weighted by molar-refractivity contribution is -0.0881. The lowest BCUT2D eigenvalue weighted by atomic mass is 10.1. The molecule has 1 heterocycles. The molecule has 15 heteroatoms. The summed E-state index contributed by atoms with van der Waals surface area (Å²) < 4.78 is 55.0. The van der Waals surface area contributed by atoms with E-state index in [2.05, 4.69) is 19.7 Å². The van der Waals surface area contributed by atoms with Crippen LogP contribution in [0.25, 0.3) is 11.5 Å². The number of aromatic carboxylic acids is 1. The van der Waals surface area contributed by atoms with Gasteiger partial charge in [-0.05, 0) is 74.8 Å². The summed E-state index contributed by atoms with van der Waals surface area (Å²) in [6, 6.07) is 24.3. The van der Waals surface area contributed by atoms with E-state index in [4.69, 9.17) is 32.4 Å². The Morgan fingerprint density at radius 3 is 2.23 bits per heavy atom. The molecule has 44 heavy (non-hydrogen) atoms. The molecule has 4 aromatic carbocycles. The molecule has 0 unspecified atom stereocenters. The number of hydrogen-bond acceptors (Lipinski definition) is 9. The fraction of sp³-hybridized carbons (Fsp3) is 0.0690. The van der Waals surface area contributed by atoms with Crippen LogP contribution in [0.1, 0.15) is 21.5 Å². The van der Waals surface area contributed by atoms with E-state index >= 15 is 0 Å². The van der Waals surface area contributed by atoms with Gasteiger partial charge < -0.3 is 14.3 Å². The third-order valence-electron chi connectivity index (χ3n) is 6.21. The number of carbonyl (C=O) groups is 1. The van der Waals surface area contributed by atoms with Crippen molar-refractivity contribution in [1.82, 2.24) is 10.2 Å². The Hall–Kier alpha value is -4.32. The second-order valence-corrected chi connectivity index (χ2v) is 11.9. The highest BCUT2D eigenvalue weighted by atomic mass is 35.5. The van der Waals surface area contributed by atoms with Gasteiger partial charge in [0.1, 0.15) is 11.5 Å². The maximum absolute atomic E-state index is 12.5. The second kappa shape index (κ2) is 13.5. The van der Waals surface area contributed by atoms with Gasteiger partial charge in [0.15, 0.2) is 0 Å². The Morgan fingerprint density at radius 2 is 1.55 bits per heavy atom. The highest BCUT2D eigenvalue weighted by Crippen LogP contribution is 2.52. The summed E-state index contributed by atoms with van der Waals surface area (Å²) >= 11 is 12.4. The zero-order chi connectivity index (χ0) is 31.3. The van der Waals surface area contributed by atoms with Crippen molar-refractivity contribution in [1.29, 1.82) is 0 Å². The first-order valence-electron chi connectivity index (χ1n) is 12.6. The van der Waals surface area contributed by atoms with Crippen molar-refractivity contribution in [2.45, 2.75) is 12.7 Å². The highest BCUT2D eigenvalue weighted by Gasteiger charge is 2.28. The molecule has 0 atom stereocenters. The minimum atomic E-state index is -4.54. The first kappa shape index (κ1) is 31.1. The number of benzene rings is 4. The summed E-state index contributed by atoms with van der Waals surface area (Å²) in [5.41, 5.74) is 2.19. The van der Waals surface area contributed by atoms with E-state index in [9.17, 15) is 23.5 Å². The van der Waals surface area contributed by atoms with Crippen molar-refractivity contribution in [3.63, 3.8) is 0 Å². The molecule has 0 aliphatic carbocycles. The Kier molecular flexibility index (Phi) is 9.58. The maximum atomic E-state index is 12.5. The number of carboxylic acids is 1. The number of rotatable bonds is 12. The first-order valence-corrected chi connectivity index (χ1v) is 15.1. The van der Waals surface area contributed by atoms with Gasteiger partial charge in [0.05, 0.1) is 28.3 Å². The highest BCUT2D eigenvalue weighted by molar-refractivity contribution is 7.52. The standard InChI is InChI=1S/C29H20Cl2F2N3O7P/c30-25-12-11-22(15-26(25)31)36(16-18-7-9-19(10-8-18)17-44(39,42-32)43-33)29-35-34-27(41-29)20-3-1-5-23(13-20)40-24-6-2-4-21(14-24)28(37)38/h1-15H,16-17H2,(H,37,38). The van der Waals surface area contributed by atoms with Crippen molar-refractivity contribution in [3.05, 3.63) is 118 Å². The molecule has 0 aliphatic heterocycles. The van der Waals surface area contributed by atoms with Crippen molar-refractivity contribution in [3.8, 4) is 23.0 Å². The molecule has 0 fully saturated rings. The summed E-state index contributed by atoms with van der Waals surface area (Å²) in [4.78, 5) is 13.0. The predicted molar refractivity (Wildman–Crippen MR) is 158 cm³/mol. The Bertz CT molecular complexity index is 1830. The number of anilines is 2. The molecule has 0 spiro atoms. The minimum absolute atomic E-state index is 0.0831. The van der Waals surface area contributed by atoms with E-state index in [0.717, 1.165) is 0 Å². The SMILES string of the molecule is O=C(O)c1cccc(Oc2cccc(-c3nnc(N(Cc4ccc(CP(=O)(OF)OF)cc4)c4ccc(Cl)c(Cl)c4)o3)c2)c1. The zero-order valence-corrected chi connectivity index (χ0v) is 24.7. The van der Waals surface area contributed by atoms with Crippen LogP contribution in [0.15, 0.2) is 95.4 Å². The molecule has 10 nitrogen and oxygen atoms in total. The lowest BCUT2D eigenvalue weighted by Gasteiger charge is -2.21. The van der Waals surface area contributed by atoms with Crippen molar-refractivity contribution >= 4 is 48.5 Å². The molecule has 1 aromatic heterocycles. The number of carboxylic acid groups (broad SMARTS) is 1. The number of nitrogens with zero attached hydrogens (tertiary/aromatic N) is 3. The number of hydrogen-bond donors (Lipinski definition) is 1. The molecule has 226 valence electrons. The van der Waals surface area contributed by atoms with Crippen LogP contribution in [0, 0.1) is 0 Å². The van der Waals surface area contributed by atoms with Gasteiger partial charge in [-0.2, -0.15) is 0 Å². The van der Waals surface area contributed by atoms with E-state index in [0.29, 0.717) is 38.9 Å². The molecular formula is C29H20Cl2F2N3O7P. The topological polar surface area (TPSA) is 124 Å². The molecule has 0 saturated heterocycles. The largest absolute Gasteiger partial charge is 0.478 e. The van der Waals surface area contributed by atoms with Crippen LogP contribution >= 0.6 is 30.8 Å². The van der Waals surface area contributed by atoms with Crippen LogP contribution in [0.2, 0.25) is 10.0 Å². The fourth-order valence-electron chi connectivity index (χ4n) is 4.10. The molecule has 1 N–H and O–H groups in total. The van der Waals surface area contributed by atoms with E-state index in [1.54, 1.807) is 71.6 Å². The molecule has 0 saturated carbocycles. The van der Waals surface area contributed by atoms with Crippen LogP contribution < -0.4 is 9.64 Å². The van der Waals surface area contributed by atoms with Crippen LogP contribution in [0.3, 0.4) is 0 Å². The van der Waals surface area contributed by atoms with Crippen molar-refractivity contribution in [2.75, 3.05) is 4.90 Å². The van der Waals surface area contributed by atoms with Crippen molar-refractivity contribution in [2.24, 2.45) is 0 Å². The first-order chi connectivity index (χ1) is 21.2. The summed E-state index contributed by atoms with van der Waals surface area (Å²) in [6.45, 7) is 0.180. The summed E-state index contributed by atoms with van der Waals surface area (Å²) in [7, 11) is -4.54. The normalized spacial score (nSPS) is 11.4. The number of aromatic nitrogens is 2. The molecule has 0 radical (unpaired) electrons. The van der Waals surface area contributed by atoms with Crippen LogP contribution in [-0.2, 0) is 26.7 Å². The van der Waals surface area contributed by atoms with Crippen molar-refractivity contribution < 1.29 is 42.1 Å². The van der Waals surface area contributed by atoms with Gasteiger partial charge in [-0.1, -0.05) is 64.7 Å². The second-order valence-electron chi connectivity index (χ2n) is 9.26. The molecule has 5 rings (SSSR count). The third kappa shape index (κ3) is 7.42. The summed E-state index contributed by atoms with van der Waals surface area (Å²) in [6.07, 6.45) is -0.614. The van der Waals surface area contributed by atoms with Crippen LogP contribution in [0.4, 0.5) is 20.8 Å². The molecule has 0 bridgehead atoms.